The molecule has 0 aliphatic carbocycles. The fourth-order valence-electron chi connectivity index (χ4n) is 1.05. The molecule has 5 heteroatoms. The van der Waals surface area contributed by atoms with Gasteiger partial charge in [-0.3, -0.25) is 0 Å². The molecule has 0 N–H and O–H groups in total. The number of carbonyl (C=O) groups excluding carboxylic acids is 1. The van der Waals surface area contributed by atoms with E-state index in [1.807, 2.05) is 0 Å². The van der Waals surface area contributed by atoms with Gasteiger partial charge < -0.3 is 4.74 Å². The Morgan fingerprint density at radius 2 is 2.25 bits per heavy atom. The van der Waals surface area contributed by atoms with Crippen molar-refractivity contribution in [1.82, 2.24) is 0 Å². The van der Waals surface area contributed by atoms with Crippen LogP contribution in [-0.4, -0.2) is 33.0 Å². The Labute approximate surface area is 71.1 Å². The van der Waals surface area contributed by atoms with Crippen molar-refractivity contribution in [3.8, 4) is 0 Å². The van der Waals surface area contributed by atoms with E-state index in [2.05, 4.69) is 4.74 Å². The van der Waals surface area contributed by atoms with Gasteiger partial charge >= 0.3 is 5.97 Å². The minimum Gasteiger partial charge on any atom is -0.466 e. The maximum atomic E-state index is 10.9. The number of ether oxygens (including phenoxy) is 1. The molecule has 0 bridgehead atoms. The fraction of sp³-hybridized carbons (Fsp3) is 0.571. The maximum Gasteiger partial charge on any atom is 0.330 e. The fourth-order valence-corrected chi connectivity index (χ4v) is 2.56. The van der Waals surface area contributed by atoms with E-state index in [0.29, 0.717) is 12.0 Å². The number of hydrogen-bond donors (Lipinski definition) is 0. The van der Waals surface area contributed by atoms with Gasteiger partial charge in [-0.05, 0) is 12.0 Å². The number of sulfone groups is 1. The summed E-state index contributed by atoms with van der Waals surface area (Å²) in [6, 6.07) is 0. The number of carbonyl (C=O) groups is 1. The minimum absolute atomic E-state index is 0.00208. The van der Waals surface area contributed by atoms with Gasteiger partial charge in [-0.25, -0.2) is 13.2 Å². The van der Waals surface area contributed by atoms with Gasteiger partial charge in [0.25, 0.3) is 0 Å². The summed E-state index contributed by atoms with van der Waals surface area (Å²) in [5.41, 5.74) is 0.641. The van der Waals surface area contributed by atoms with Crippen molar-refractivity contribution in [2.45, 2.75) is 6.42 Å². The molecular weight excluding hydrogens is 180 g/mol. The van der Waals surface area contributed by atoms with Crippen LogP contribution < -0.4 is 0 Å². The summed E-state index contributed by atoms with van der Waals surface area (Å²) in [6.45, 7) is 0. The van der Waals surface area contributed by atoms with Crippen LogP contribution in [0.4, 0.5) is 0 Å². The lowest BCUT2D eigenvalue weighted by atomic mass is 10.2. The molecule has 68 valence electrons. The van der Waals surface area contributed by atoms with Gasteiger partial charge in [0.05, 0.1) is 18.6 Å². The van der Waals surface area contributed by atoms with Crippen LogP contribution in [0.3, 0.4) is 0 Å². The number of hydrogen-bond acceptors (Lipinski definition) is 4. The van der Waals surface area contributed by atoms with Gasteiger partial charge in [0, 0.05) is 6.08 Å². The molecule has 0 aromatic carbocycles. The lowest BCUT2D eigenvalue weighted by Crippen LogP contribution is -2.01. The predicted octanol–water partition coefficient (Wildman–Crippen LogP) is -0.0957. The molecule has 1 aliphatic rings. The molecule has 12 heavy (non-hydrogen) atoms. The normalized spacial score (nSPS) is 24.2. The van der Waals surface area contributed by atoms with Crippen LogP contribution in [0.1, 0.15) is 6.42 Å². The highest BCUT2D eigenvalue weighted by atomic mass is 32.2. The zero-order chi connectivity index (χ0) is 9.19. The van der Waals surface area contributed by atoms with Crippen LogP contribution in [0.5, 0.6) is 0 Å². The van der Waals surface area contributed by atoms with E-state index < -0.39 is 15.8 Å². The lowest BCUT2D eigenvalue weighted by Gasteiger charge is -1.92. The summed E-state index contributed by atoms with van der Waals surface area (Å²) < 4.78 is 26.2. The molecule has 0 unspecified atom stereocenters. The van der Waals surface area contributed by atoms with Crippen LogP contribution in [0, 0.1) is 0 Å². The van der Waals surface area contributed by atoms with Gasteiger partial charge in [0.1, 0.15) is 0 Å². The Bertz CT molecular complexity index is 312. The molecule has 0 spiro atoms. The first kappa shape index (κ1) is 9.25. The van der Waals surface area contributed by atoms with Gasteiger partial charge in [-0.2, -0.15) is 0 Å². The van der Waals surface area contributed by atoms with Gasteiger partial charge in [0.2, 0.25) is 0 Å². The zero-order valence-electron chi connectivity index (χ0n) is 6.74. The van der Waals surface area contributed by atoms with Crippen LogP contribution in [-0.2, 0) is 19.4 Å². The molecule has 0 aromatic rings. The SMILES string of the molecule is COC(=O)/C=C1\CCS(=O)(=O)C1. The Morgan fingerprint density at radius 1 is 1.58 bits per heavy atom. The van der Waals surface area contributed by atoms with E-state index in [9.17, 15) is 13.2 Å². The summed E-state index contributed by atoms with van der Waals surface area (Å²) in [7, 11) is -1.66. The monoisotopic (exact) mass is 190 g/mol. The van der Waals surface area contributed by atoms with E-state index in [1.165, 1.54) is 13.2 Å². The summed E-state index contributed by atoms with van der Waals surface area (Å²) in [5.74, 6) is -0.333. The van der Waals surface area contributed by atoms with E-state index in [4.69, 9.17) is 0 Å². The third-order valence-corrected chi connectivity index (χ3v) is 3.30. The highest BCUT2D eigenvalue weighted by Crippen LogP contribution is 2.16. The van der Waals surface area contributed by atoms with E-state index in [-0.39, 0.29) is 11.5 Å². The largest absolute Gasteiger partial charge is 0.466 e. The Hall–Kier alpha value is -0.840. The first-order valence-corrected chi connectivity index (χ1v) is 5.33. The molecule has 1 heterocycles. The molecule has 0 aromatic heterocycles. The standard InChI is InChI=1S/C7H10O4S/c1-11-7(8)4-6-2-3-12(9,10)5-6/h4H,2-3,5H2,1H3/b6-4+. The third kappa shape index (κ3) is 2.34. The second-order valence-corrected chi connectivity index (χ2v) is 4.85. The molecule has 0 radical (unpaired) electrons. The van der Waals surface area contributed by atoms with Crippen molar-refractivity contribution >= 4 is 15.8 Å². The van der Waals surface area contributed by atoms with Gasteiger partial charge in [0.15, 0.2) is 9.84 Å². The molecule has 1 saturated heterocycles. The van der Waals surface area contributed by atoms with Crippen LogP contribution in [0.25, 0.3) is 0 Å². The summed E-state index contributed by atoms with van der Waals surface area (Å²) in [6.07, 6.45) is 1.71. The first-order chi connectivity index (χ1) is 5.53. The average Bonchev–Trinajstić information content (AvgIpc) is 2.30. The van der Waals surface area contributed by atoms with Crippen molar-refractivity contribution in [1.29, 1.82) is 0 Å². The van der Waals surface area contributed by atoms with Crippen molar-refractivity contribution in [3.05, 3.63) is 11.6 Å². The number of esters is 1. The van der Waals surface area contributed by atoms with E-state index in [1.54, 1.807) is 0 Å². The van der Waals surface area contributed by atoms with Crippen molar-refractivity contribution in [3.63, 3.8) is 0 Å². The molecule has 0 atom stereocenters. The van der Waals surface area contributed by atoms with Crippen LogP contribution >= 0.6 is 0 Å². The molecule has 1 aliphatic heterocycles. The first-order valence-electron chi connectivity index (χ1n) is 3.51. The molecule has 4 nitrogen and oxygen atoms in total. The van der Waals surface area contributed by atoms with Crippen molar-refractivity contribution in [2.24, 2.45) is 0 Å². The Kier molecular flexibility index (Phi) is 2.52. The molecule has 1 rings (SSSR count). The quantitative estimate of drug-likeness (QED) is 0.428. The number of rotatable bonds is 1. The molecule has 1 fully saturated rings. The predicted molar refractivity (Wildman–Crippen MR) is 43.4 cm³/mol. The maximum absolute atomic E-state index is 10.9. The van der Waals surface area contributed by atoms with Gasteiger partial charge in [-0.1, -0.05) is 0 Å². The second kappa shape index (κ2) is 3.26. The third-order valence-electron chi connectivity index (χ3n) is 1.66. The summed E-state index contributed by atoms with van der Waals surface area (Å²) in [4.78, 5) is 10.7. The Morgan fingerprint density at radius 3 is 2.67 bits per heavy atom. The summed E-state index contributed by atoms with van der Waals surface area (Å²) >= 11 is 0. The topological polar surface area (TPSA) is 60.4 Å². The number of methoxy groups -OCH3 is 1. The summed E-state index contributed by atoms with van der Waals surface area (Å²) in [5, 5.41) is 0. The van der Waals surface area contributed by atoms with Crippen molar-refractivity contribution in [2.75, 3.05) is 18.6 Å². The smallest absolute Gasteiger partial charge is 0.330 e. The molecule has 0 amide bonds. The van der Waals surface area contributed by atoms with E-state index in [0.717, 1.165) is 0 Å². The Balaban J connectivity index is 2.70. The van der Waals surface area contributed by atoms with Crippen LogP contribution in [0.15, 0.2) is 11.6 Å². The lowest BCUT2D eigenvalue weighted by molar-refractivity contribution is -0.134. The van der Waals surface area contributed by atoms with Crippen molar-refractivity contribution < 1.29 is 17.9 Å². The van der Waals surface area contributed by atoms with Crippen LogP contribution in [0.2, 0.25) is 0 Å². The van der Waals surface area contributed by atoms with Gasteiger partial charge in [-0.15, -0.1) is 0 Å². The van der Waals surface area contributed by atoms with E-state index >= 15 is 0 Å². The minimum atomic E-state index is -2.93. The molecular formula is C7H10O4S. The zero-order valence-corrected chi connectivity index (χ0v) is 7.56. The highest BCUT2D eigenvalue weighted by molar-refractivity contribution is 7.91. The molecule has 0 saturated carbocycles. The average molecular weight is 190 g/mol. The second-order valence-electron chi connectivity index (χ2n) is 2.67. The highest BCUT2D eigenvalue weighted by Gasteiger charge is 2.22.